The van der Waals surface area contributed by atoms with Gasteiger partial charge in [-0.25, -0.2) is 0 Å². The van der Waals surface area contributed by atoms with E-state index < -0.39 is 0 Å². The first kappa shape index (κ1) is 22.3. The van der Waals surface area contributed by atoms with Crippen LogP contribution in [0, 0.1) is 11.8 Å². The molecule has 25 heavy (non-hydrogen) atoms. The van der Waals surface area contributed by atoms with Crippen LogP contribution < -0.4 is 5.32 Å². The first-order valence-corrected chi connectivity index (χ1v) is 11.1. The molecule has 0 spiro atoms. The van der Waals surface area contributed by atoms with Crippen LogP contribution in [0.25, 0.3) is 0 Å². The molecule has 0 radical (unpaired) electrons. The van der Waals surface area contributed by atoms with E-state index in [2.05, 4.69) is 18.8 Å². The van der Waals surface area contributed by atoms with Crippen molar-refractivity contribution in [1.82, 2.24) is 5.32 Å². The predicted octanol–water partition coefficient (Wildman–Crippen LogP) is 6.80. The molecule has 0 bridgehead atoms. The maximum atomic E-state index is 11.4. The fraction of sp³-hybridized carbons (Fsp3) is 0.870. The molecule has 0 aromatic rings. The van der Waals surface area contributed by atoms with Gasteiger partial charge >= 0.3 is 0 Å². The Morgan fingerprint density at radius 2 is 1.32 bits per heavy atom. The summed E-state index contributed by atoms with van der Waals surface area (Å²) < 4.78 is 0. The number of carbonyl (C=O) groups excluding carboxylic acids is 1. The predicted molar refractivity (Wildman–Crippen MR) is 110 cm³/mol. The summed E-state index contributed by atoms with van der Waals surface area (Å²) in [6.45, 7) is 8.54. The summed E-state index contributed by atoms with van der Waals surface area (Å²) in [7, 11) is 0. The first-order valence-electron chi connectivity index (χ1n) is 11.1. The maximum Gasteiger partial charge on any atom is 0.246 e. The molecule has 1 aliphatic rings. The second-order valence-corrected chi connectivity index (χ2v) is 8.33. The molecule has 1 rings (SSSR count). The highest BCUT2D eigenvalue weighted by molar-refractivity contribution is 5.91. The summed E-state index contributed by atoms with van der Waals surface area (Å²) in [5.74, 6) is 1.91. The molecular weight excluding hydrogens is 306 g/mol. The summed E-state index contributed by atoms with van der Waals surface area (Å²) in [6, 6.07) is 0. The van der Waals surface area contributed by atoms with Crippen molar-refractivity contribution in [2.75, 3.05) is 6.54 Å². The van der Waals surface area contributed by atoms with E-state index in [0.717, 1.165) is 24.8 Å². The summed E-state index contributed by atoms with van der Waals surface area (Å²) in [5, 5.41) is 2.95. The van der Waals surface area contributed by atoms with Crippen molar-refractivity contribution >= 4 is 5.91 Å². The van der Waals surface area contributed by atoms with Crippen LogP contribution in [0.4, 0.5) is 0 Å². The molecule has 2 heteroatoms. The Balaban J connectivity index is 1.92. The van der Waals surface area contributed by atoms with Crippen LogP contribution >= 0.6 is 0 Å². The zero-order valence-corrected chi connectivity index (χ0v) is 17.1. The molecule has 0 aliphatic heterocycles. The van der Waals surface area contributed by atoms with Crippen molar-refractivity contribution in [3.05, 3.63) is 12.2 Å². The van der Waals surface area contributed by atoms with Crippen LogP contribution in [0.5, 0.6) is 0 Å². The number of amides is 1. The second kappa shape index (κ2) is 14.4. The highest BCUT2D eigenvalue weighted by atomic mass is 16.1. The fourth-order valence-electron chi connectivity index (χ4n) is 4.12. The average Bonchev–Trinajstić information content (AvgIpc) is 2.61. The van der Waals surface area contributed by atoms with Crippen molar-refractivity contribution in [3.63, 3.8) is 0 Å². The lowest BCUT2D eigenvalue weighted by molar-refractivity contribution is -0.117. The van der Waals surface area contributed by atoms with Crippen LogP contribution in [0.15, 0.2) is 12.2 Å². The number of hydrogen-bond donors (Lipinski definition) is 1. The minimum atomic E-state index is 0.00840. The van der Waals surface area contributed by atoms with Gasteiger partial charge in [-0.15, -0.1) is 0 Å². The Bertz CT molecular complexity index is 355. The third kappa shape index (κ3) is 11.4. The third-order valence-corrected chi connectivity index (χ3v) is 5.89. The lowest BCUT2D eigenvalue weighted by Gasteiger charge is -2.28. The molecule has 1 fully saturated rings. The van der Waals surface area contributed by atoms with Gasteiger partial charge in [-0.05, 0) is 31.6 Å². The Kier molecular flexibility index (Phi) is 12.8. The highest BCUT2D eigenvalue weighted by Crippen LogP contribution is 2.34. The minimum Gasteiger partial charge on any atom is -0.352 e. The summed E-state index contributed by atoms with van der Waals surface area (Å²) >= 11 is 0. The highest BCUT2D eigenvalue weighted by Gasteiger charge is 2.20. The van der Waals surface area contributed by atoms with Gasteiger partial charge in [-0.3, -0.25) is 4.79 Å². The van der Waals surface area contributed by atoms with Gasteiger partial charge in [0.2, 0.25) is 5.91 Å². The van der Waals surface area contributed by atoms with Crippen molar-refractivity contribution in [3.8, 4) is 0 Å². The molecule has 1 amide bonds. The number of carbonyl (C=O) groups is 1. The van der Waals surface area contributed by atoms with Gasteiger partial charge < -0.3 is 5.32 Å². The van der Waals surface area contributed by atoms with E-state index in [0.29, 0.717) is 5.57 Å². The van der Waals surface area contributed by atoms with E-state index >= 15 is 0 Å². The Morgan fingerprint density at radius 3 is 1.84 bits per heavy atom. The van der Waals surface area contributed by atoms with Crippen molar-refractivity contribution in [2.45, 2.75) is 110 Å². The Hall–Kier alpha value is -0.790. The Morgan fingerprint density at radius 1 is 0.840 bits per heavy atom. The van der Waals surface area contributed by atoms with Crippen LogP contribution in [0.3, 0.4) is 0 Å². The zero-order chi connectivity index (χ0) is 18.3. The van der Waals surface area contributed by atoms with Crippen LogP contribution in [0.2, 0.25) is 0 Å². The zero-order valence-electron chi connectivity index (χ0n) is 17.1. The van der Waals surface area contributed by atoms with Crippen LogP contribution in [0.1, 0.15) is 110 Å². The van der Waals surface area contributed by atoms with Gasteiger partial charge in [-0.2, -0.15) is 0 Å². The van der Waals surface area contributed by atoms with E-state index in [-0.39, 0.29) is 5.91 Å². The first-order chi connectivity index (χ1) is 12.1. The van der Waals surface area contributed by atoms with E-state index in [9.17, 15) is 4.79 Å². The van der Waals surface area contributed by atoms with Crippen molar-refractivity contribution < 1.29 is 4.79 Å². The second-order valence-electron chi connectivity index (χ2n) is 8.33. The lowest BCUT2D eigenvalue weighted by atomic mass is 9.78. The van der Waals surface area contributed by atoms with E-state index in [4.69, 9.17) is 0 Å². The van der Waals surface area contributed by atoms with Gasteiger partial charge in [0.15, 0.2) is 0 Å². The quantitative estimate of drug-likeness (QED) is 0.271. The molecule has 0 saturated heterocycles. The number of hydrogen-bond acceptors (Lipinski definition) is 1. The molecular formula is C23H43NO. The van der Waals surface area contributed by atoms with E-state index in [1.165, 1.54) is 89.9 Å². The summed E-state index contributed by atoms with van der Waals surface area (Å²) in [5.41, 5.74) is 0.612. The van der Waals surface area contributed by atoms with E-state index in [1.807, 2.05) is 0 Å². The molecule has 0 aromatic heterocycles. The fourth-order valence-corrected chi connectivity index (χ4v) is 4.12. The molecule has 0 unspecified atom stereocenters. The van der Waals surface area contributed by atoms with Gasteiger partial charge in [0, 0.05) is 12.1 Å². The average molecular weight is 350 g/mol. The largest absolute Gasteiger partial charge is 0.352 e. The normalized spacial score (nSPS) is 20.4. The van der Waals surface area contributed by atoms with Crippen molar-refractivity contribution in [1.29, 1.82) is 0 Å². The number of nitrogens with one attached hydrogen (secondary N) is 1. The molecule has 1 saturated carbocycles. The minimum absolute atomic E-state index is 0.00840. The SMILES string of the molecule is C=C(C)C(=O)NCCCC1CCC(CCCCCCCCCC)CC1. The monoisotopic (exact) mass is 349 g/mol. The standard InChI is InChI=1S/C23H43NO/c1-4-5-6-7-8-9-10-11-13-21-15-17-22(18-16-21)14-12-19-24-23(25)20(2)3/h21-22H,2,4-19H2,1,3H3,(H,24,25). The van der Waals surface area contributed by atoms with Gasteiger partial charge in [0.05, 0.1) is 0 Å². The van der Waals surface area contributed by atoms with Gasteiger partial charge in [-0.1, -0.05) is 97.0 Å². The summed E-state index contributed by atoms with van der Waals surface area (Å²) in [6.07, 6.45) is 21.1. The molecule has 1 aliphatic carbocycles. The maximum absolute atomic E-state index is 11.4. The van der Waals surface area contributed by atoms with E-state index in [1.54, 1.807) is 6.92 Å². The number of unbranched alkanes of at least 4 members (excludes halogenated alkanes) is 7. The molecule has 2 nitrogen and oxygen atoms in total. The Labute approximate surface area is 157 Å². The molecule has 1 N–H and O–H groups in total. The smallest absolute Gasteiger partial charge is 0.246 e. The lowest BCUT2D eigenvalue weighted by Crippen LogP contribution is -2.25. The molecule has 146 valence electrons. The molecule has 0 aromatic carbocycles. The number of rotatable bonds is 14. The van der Waals surface area contributed by atoms with Gasteiger partial charge in [0.25, 0.3) is 0 Å². The third-order valence-electron chi connectivity index (χ3n) is 5.89. The summed E-state index contributed by atoms with van der Waals surface area (Å²) in [4.78, 5) is 11.4. The van der Waals surface area contributed by atoms with Gasteiger partial charge in [0.1, 0.15) is 0 Å². The molecule has 0 atom stereocenters. The van der Waals surface area contributed by atoms with Crippen LogP contribution in [-0.4, -0.2) is 12.5 Å². The topological polar surface area (TPSA) is 29.1 Å². The van der Waals surface area contributed by atoms with Crippen LogP contribution in [-0.2, 0) is 4.79 Å². The van der Waals surface area contributed by atoms with Crippen molar-refractivity contribution in [2.24, 2.45) is 11.8 Å². The molecule has 0 heterocycles.